The minimum atomic E-state index is 0.399. The summed E-state index contributed by atoms with van der Waals surface area (Å²) in [6.07, 6.45) is 3.86. The molecule has 2 aromatic rings. The molecule has 1 aliphatic heterocycles. The molecule has 0 spiro atoms. The Balaban J connectivity index is 1.58. The van der Waals surface area contributed by atoms with Crippen molar-refractivity contribution < 1.29 is 4.74 Å². The molecule has 1 aliphatic rings. The molecule has 2 heterocycles. The lowest BCUT2D eigenvalue weighted by atomic mass is 10.1. The quantitative estimate of drug-likeness (QED) is 0.397. The van der Waals surface area contributed by atoms with Crippen LogP contribution >= 0.6 is 0 Å². The third-order valence-electron chi connectivity index (χ3n) is 5.11. The van der Waals surface area contributed by atoms with E-state index in [1.165, 1.54) is 0 Å². The number of ether oxygens (including phenoxy) is 1. The molecule has 1 fully saturated rings. The van der Waals surface area contributed by atoms with E-state index in [0.29, 0.717) is 19.2 Å². The van der Waals surface area contributed by atoms with Gasteiger partial charge >= 0.3 is 0 Å². The molecule has 160 valence electrons. The van der Waals surface area contributed by atoms with E-state index in [1.807, 2.05) is 31.2 Å². The van der Waals surface area contributed by atoms with E-state index in [-0.39, 0.29) is 0 Å². The fraction of sp³-hybridized carbons (Fsp3) is 0.417. The highest BCUT2D eigenvalue weighted by atomic mass is 16.5. The normalized spacial score (nSPS) is 15.0. The van der Waals surface area contributed by atoms with Crippen LogP contribution in [0.3, 0.4) is 0 Å². The molecule has 1 aromatic heterocycles. The maximum absolute atomic E-state index is 5.75. The maximum Gasteiger partial charge on any atom is 0.191 e. The minimum absolute atomic E-state index is 0.399. The molecule has 0 unspecified atom stereocenters. The topological polar surface area (TPSA) is 61.8 Å². The third-order valence-corrected chi connectivity index (χ3v) is 5.11. The Morgan fingerprint density at radius 2 is 2.03 bits per heavy atom. The standard InChI is InChI=1S/C24H33N5O/c1-4-17-30-22-11-7-6-10-20(22)18-26-24(25-5-2)28-21-13-15-29(16-14-21)23-12-8-9-19(3)27-23/h4,6-12,21H,1,5,13-18H2,2-3H3,(H2,25,26,28). The number of anilines is 1. The Morgan fingerprint density at radius 3 is 2.77 bits per heavy atom. The molecule has 3 rings (SSSR count). The number of guanidine groups is 1. The zero-order chi connectivity index (χ0) is 21.2. The summed E-state index contributed by atoms with van der Waals surface area (Å²) in [5, 5.41) is 6.98. The number of aliphatic imine (C=N–C) groups is 1. The van der Waals surface area contributed by atoms with Gasteiger partial charge in [-0.3, -0.25) is 0 Å². The Labute approximate surface area is 180 Å². The number of rotatable bonds is 8. The second-order valence-electron chi connectivity index (χ2n) is 7.45. The fourth-order valence-electron chi connectivity index (χ4n) is 3.56. The monoisotopic (exact) mass is 407 g/mol. The number of piperidine rings is 1. The first-order valence-electron chi connectivity index (χ1n) is 10.7. The van der Waals surface area contributed by atoms with Crippen LogP contribution in [0.5, 0.6) is 5.75 Å². The summed E-state index contributed by atoms with van der Waals surface area (Å²) in [7, 11) is 0. The zero-order valence-corrected chi connectivity index (χ0v) is 18.1. The van der Waals surface area contributed by atoms with Crippen LogP contribution in [-0.2, 0) is 6.54 Å². The third kappa shape index (κ3) is 6.24. The lowest BCUT2D eigenvalue weighted by Gasteiger charge is -2.34. The molecule has 0 saturated carbocycles. The van der Waals surface area contributed by atoms with E-state index in [2.05, 4.69) is 52.2 Å². The molecule has 0 bridgehead atoms. The van der Waals surface area contributed by atoms with Gasteiger partial charge in [0.25, 0.3) is 0 Å². The van der Waals surface area contributed by atoms with Gasteiger partial charge in [-0.25, -0.2) is 9.98 Å². The predicted molar refractivity (Wildman–Crippen MR) is 124 cm³/mol. The van der Waals surface area contributed by atoms with Crippen molar-refractivity contribution in [2.45, 2.75) is 39.3 Å². The first kappa shape index (κ1) is 21.7. The van der Waals surface area contributed by atoms with Crippen molar-refractivity contribution >= 4 is 11.8 Å². The number of para-hydroxylation sites is 1. The van der Waals surface area contributed by atoms with Gasteiger partial charge in [0.15, 0.2) is 5.96 Å². The molecule has 6 heteroatoms. The van der Waals surface area contributed by atoms with E-state index in [0.717, 1.165) is 61.3 Å². The van der Waals surface area contributed by atoms with Crippen molar-refractivity contribution in [1.29, 1.82) is 0 Å². The van der Waals surface area contributed by atoms with Gasteiger partial charge in [0.2, 0.25) is 0 Å². The molecular formula is C24H33N5O. The van der Waals surface area contributed by atoms with Crippen LogP contribution in [0.25, 0.3) is 0 Å². The van der Waals surface area contributed by atoms with Crippen LogP contribution in [0.2, 0.25) is 0 Å². The highest BCUT2D eigenvalue weighted by molar-refractivity contribution is 5.80. The van der Waals surface area contributed by atoms with Crippen LogP contribution < -0.4 is 20.3 Å². The van der Waals surface area contributed by atoms with Crippen LogP contribution in [-0.4, -0.2) is 43.2 Å². The Hall–Kier alpha value is -3.02. The molecule has 2 N–H and O–H groups in total. The Kier molecular flexibility index (Phi) is 8.12. The number of pyridine rings is 1. The van der Waals surface area contributed by atoms with Crippen molar-refractivity contribution in [1.82, 2.24) is 15.6 Å². The average molecular weight is 408 g/mol. The second-order valence-corrected chi connectivity index (χ2v) is 7.45. The van der Waals surface area contributed by atoms with Crippen LogP contribution in [0.15, 0.2) is 60.1 Å². The SMILES string of the molecule is C=CCOc1ccccc1CN=C(NCC)NC1CCN(c2cccc(C)n2)CC1. The molecule has 6 nitrogen and oxygen atoms in total. The van der Waals surface area contributed by atoms with Crippen molar-refractivity contribution in [3.8, 4) is 5.75 Å². The fourth-order valence-corrected chi connectivity index (χ4v) is 3.56. The van der Waals surface area contributed by atoms with Crippen LogP contribution in [0, 0.1) is 6.92 Å². The molecule has 30 heavy (non-hydrogen) atoms. The summed E-state index contributed by atoms with van der Waals surface area (Å²) < 4.78 is 5.75. The van der Waals surface area contributed by atoms with Crippen molar-refractivity contribution in [2.24, 2.45) is 4.99 Å². The molecule has 0 radical (unpaired) electrons. The molecule has 0 atom stereocenters. The predicted octanol–water partition coefficient (Wildman–Crippen LogP) is 3.68. The average Bonchev–Trinajstić information content (AvgIpc) is 2.77. The summed E-state index contributed by atoms with van der Waals surface area (Å²) >= 11 is 0. The second kappa shape index (κ2) is 11.2. The summed E-state index contributed by atoms with van der Waals surface area (Å²) in [6, 6.07) is 14.6. The zero-order valence-electron chi connectivity index (χ0n) is 18.1. The number of hydrogen-bond acceptors (Lipinski definition) is 4. The molecule has 1 saturated heterocycles. The van der Waals surface area contributed by atoms with Gasteiger partial charge in [-0.2, -0.15) is 0 Å². The summed E-state index contributed by atoms with van der Waals surface area (Å²) in [4.78, 5) is 11.8. The first-order valence-corrected chi connectivity index (χ1v) is 10.7. The van der Waals surface area contributed by atoms with E-state index >= 15 is 0 Å². The molecule has 0 aliphatic carbocycles. The van der Waals surface area contributed by atoms with Crippen molar-refractivity contribution in [2.75, 3.05) is 31.1 Å². The van der Waals surface area contributed by atoms with Crippen molar-refractivity contribution in [3.05, 3.63) is 66.4 Å². The lowest BCUT2D eigenvalue weighted by molar-refractivity contribution is 0.359. The summed E-state index contributed by atoms with van der Waals surface area (Å²) in [5.41, 5.74) is 2.13. The van der Waals surface area contributed by atoms with Crippen molar-refractivity contribution in [3.63, 3.8) is 0 Å². The number of aryl methyl sites for hydroxylation is 1. The smallest absolute Gasteiger partial charge is 0.191 e. The van der Waals surface area contributed by atoms with Gasteiger partial charge in [0, 0.05) is 36.9 Å². The largest absolute Gasteiger partial charge is 0.489 e. The summed E-state index contributed by atoms with van der Waals surface area (Å²) in [5.74, 6) is 2.78. The molecule has 0 amide bonds. The van der Waals surface area contributed by atoms with Gasteiger partial charge in [-0.05, 0) is 44.9 Å². The van der Waals surface area contributed by atoms with Gasteiger partial charge in [0.05, 0.1) is 6.54 Å². The van der Waals surface area contributed by atoms with Crippen LogP contribution in [0.4, 0.5) is 5.82 Å². The van der Waals surface area contributed by atoms with E-state index < -0.39 is 0 Å². The van der Waals surface area contributed by atoms with Gasteiger partial charge in [-0.1, -0.05) is 36.9 Å². The highest BCUT2D eigenvalue weighted by Crippen LogP contribution is 2.20. The van der Waals surface area contributed by atoms with E-state index in [9.17, 15) is 0 Å². The number of benzene rings is 1. The van der Waals surface area contributed by atoms with E-state index in [1.54, 1.807) is 6.08 Å². The summed E-state index contributed by atoms with van der Waals surface area (Å²) in [6.45, 7) is 11.7. The number of hydrogen-bond donors (Lipinski definition) is 2. The van der Waals surface area contributed by atoms with Gasteiger partial charge in [-0.15, -0.1) is 0 Å². The highest BCUT2D eigenvalue weighted by Gasteiger charge is 2.21. The van der Waals surface area contributed by atoms with Crippen LogP contribution in [0.1, 0.15) is 31.0 Å². The Bertz CT molecular complexity index is 843. The minimum Gasteiger partial charge on any atom is -0.489 e. The van der Waals surface area contributed by atoms with Gasteiger partial charge in [0.1, 0.15) is 18.2 Å². The van der Waals surface area contributed by atoms with E-state index in [4.69, 9.17) is 9.73 Å². The maximum atomic E-state index is 5.75. The first-order chi connectivity index (χ1) is 14.7. The number of aromatic nitrogens is 1. The number of nitrogens with one attached hydrogen (secondary N) is 2. The Morgan fingerprint density at radius 1 is 1.23 bits per heavy atom. The molecule has 1 aromatic carbocycles. The number of nitrogens with zero attached hydrogens (tertiary/aromatic N) is 3. The van der Waals surface area contributed by atoms with Gasteiger partial charge < -0.3 is 20.3 Å². The molecular weight excluding hydrogens is 374 g/mol. The lowest BCUT2D eigenvalue weighted by Crippen LogP contribution is -2.48.